The van der Waals surface area contributed by atoms with Crippen LogP contribution in [0.3, 0.4) is 0 Å². The molecule has 0 saturated heterocycles. The van der Waals surface area contributed by atoms with E-state index in [9.17, 15) is 0 Å². The maximum Gasteiger partial charge on any atom is 0.124 e. The van der Waals surface area contributed by atoms with Crippen molar-refractivity contribution < 1.29 is 0 Å². The summed E-state index contributed by atoms with van der Waals surface area (Å²) in [4.78, 5) is 8.86. The molecule has 2 N–H and O–H groups in total. The predicted molar refractivity (Wildman–Crippen MR) is 71.2 cm³/mol. The third-order valence-corrected chi connectivity index (χ3v) is 2.66. The molecule has 2 heterocycles. The van der Waals surface area contributed by atoms with Crippen LogP contribution in [0.25, 0.3) is 5.69 Å². The van der Waals surface area contributed by atoms with Crippen LogP contribution in [-0.2, 0) is 6.42 Å². The number of nitrogens with zero attached hydrogens (tertiary/aromatic N) is 3. The van der Waals surface area contributed by atoms with Crippen molar-refractivity contribution in [2.75, 3.05) is 0 Å². The van der Waals surface area contributed by atoms with E-state index in [0.29, 0.717) is 10.7 Å². The molecule has 0 amide bonds. The van der Waals surface area contributed by atoms with E-state index in [-0.39, 0.29) is 0 Å². The molecule has 2 aromatic heterocycles. The fourth-order valence-corrected chi connectivity index (χ4v) is 1.90. The van der Waals surface area contributed by atoms with Crippen LogP contribution in [0.5, 0.6) is 0 Å². The number of aromatic nitrogens is 3. The molecule has 0 bridgehead atoms. The molecule has 5 heteroatoms. The smallest absolute Gasteiger partial charge is 0.124 e. The zero-order chi connectivity index (χ0) is 12.3. The quantitative estimate of drug-likeness (QED) is 0.837. The van der Waals surface area contributed by atoms with Crippen molar-refractivity contribution in [2.24, 2.45) is 5.73 Å². The Balaban J connectivity index is 2.52. The Morgan fingerprint density at radius 2 is 2.24 bits per heavy atom. The van der Waals surface area contributed by atoms with Crippen LogP contribution in [0.1, 0.15) is 24.9 Å². The Kier molecular flexibility index (Phi) is 3.49. The van der Waals surface area contributed by atoms with Crippen molar-refractivity contribution in [3.05, 3.63) is 42.2 Å². The molecule has 0 aliphatic heterocycles. The minimum absolute atomic E-state index is 0.303. The fraction of sp³-hybridized carbons (Fsp3) is 0.250. The predicted octanol–water partition coefficient (Wildman–Crippen LogP) is 1.85. The molecule has 0 aromatic carbocycles. The van der Waals surface area contributed by atoms with Crippen LogP contribution in [-0.4, -0.2) is 19.5 Å². The van der Waals surface area contributed by atoms with Gasteiger partial charge in [0.2, 0.25) is 0 Å². The molecular formula is C12H14N4S. The summed E-state index contributed by atoms with van der Waals surface area (Å²) in [6.45, 7) is 2.12. The molecule has 0 fully saturated rings. The summed E-state index contributed by atoms with van der Waals surface area (Å²) in [5, 5.41) is 0. The summed E-state index contributed by atoms with van der Waals surface area (Å²) < 4.78 is 1.99. The van der Waals surface area contributed by atoms with Crippen molar-refractivity contribution in [1.82, 2.24) is 14.5 Å². The normalized spacial score (nSPS) is 10.4. The SMILES string of the molecule is CCCc1nccn1-c1cccnc1C(N)=S. The first kappa shape index (κ1) is 11.7. The molecule has 0 atom stereocenters. The summed E-state index contributed by atoms with van der Waals surface area (Å²) in [5.41, 5.74) is 7.21. The maximum absolute atomic E-state index is 5.68. The zero-order valence-electron chi connectivity index (χ0n) is 9.63. The first-order chi connectivity index (χ1) is 8.24. The lowest BCUT2D eigenvalue weighted by atomic mass is 10.2. The lowest BCUT2D eigenvalue weighted by molar-refractivity contribution is 0.806. The van der Waals surface area contributed by atoms with E-state index in [1.165, 1.54) is 0 Å². The van der Waals surface area contributed by atoms with Gasteiger partial charge in [0.25, 0.3) is 0 Å². The molecular weight excluding hydrogens is 232 g/mol. The van der Waals surface area contributed by atoms with Gasteiger partial charge in [-0.25, -0.2) is 4.98 Å². The van der Waals surface area contributed by atoms with Crippen molar-refractivity contribution >= 4 is 17.2 Å². The second-order valence-electron chi connectivity index (χ2n) is 3.70. The van der Waals surface area contributed by atoms with Gasteiger partial charge in [-0.05, 0) is 18.6 Å². The van der Waals surface area contributed by atoms with E-state index in [1.54, 1.807) is 12.4 Å². The minimum Gasteiger partial charge on any atom is -0.388 e. The highest BCUT2D eigenvalue weighted by atomic mass is 32.1. The average molecular weight is 246 g/mol. The molecule has 0 aliphatic carbocycles. The molecule has 0 aliphatic rings. The number of hydrogen-bond acceptors (Lipinski definition) is 3. The number of pyridine rings is 1. The highest BCUT2D eigenvalue weighted by Gasteiger charge is 2.10. The molecule has 17 heavy (non-hydrogen) atoms. The first-order valence-electron chi connectivity index (χ1n) is 5.51. The summed E-state index contributed by atoms with van der Waals surface area (Å²) in [7, 11) is 0. The van der Waals surface area contributed by atoms with E-state index in [2.05, 4.69) is 16.9 Å². The van der Waals surface area contributed by atoms with E-state index in [0.717, 1.165) is 24.4 Å². The molecule has 2 rings (SSSR count). The molecule has 0 spiro atoms. The lowest BCUT2D eigenvalue weighted by Gasteiger charge is -2.10. The Labute approximate surface area is 106 Å². The van der Waals surface area contributed by atoms with Gasteiger partial charge in [0.15, 0.2) is 0 Å². The second-order valence-corrected chi connectivity index (χ2v) is 4.14. The minimum atomic E-state index is 0.303. The van der Waals surface area contributed by atoms with Gasteiger partial charge in [-0.1, -0.05) is 19.1 Å². The maximum atomic E-state index is 5.68. The fourth-order valence-electron chi connectivity index (χ4n) is 1.74. The topological polar surface area (TPSA) is 56.7 Å². The van der Waals surface area contributed by atoms with Crippen LogP contribution >= 0.6 is 12.2 Å². The molecule has 2 aromatic rings. The zero-order valence-corrected chi connectivity index (χ0v) is 10.4. The largest absolute Gasteiger partial charge is 0.388 e. The molecule has 88 valence electrons. The Morgan fingerprint density at radius 3 is 2.94 bits per heavy atom. The summed E-state index contributed by atoms with van der Waals surface area (Å²) in [6, 6.07) is 3.81. The lowest BCUT2D eigenvalue weighted by Crippen LogP contribution is -2.16. The summed E-state index contributed by atoms with van der Waals surface area (Å²) in [6.07, 6.45) is 7.33. The van der Waals surface area contributed by atoms with Gasteiger partial charge < -0.3 is 10.3 Å². The highest BCUT2D eigenvalue weighted by Crippen LogP contribution is 2.15. The van der Waals surface area contributed by atoms with Gasteiger partial charge in [-0.3, -0.25) is 4.98 Å². The van der Waals surface area contributed by atoms with Crippen molar-refractivity contribution in [3.63, 3.8) is 0 Å². The van der Waals surface area contributed by atoms with Gasteiger partial charge in [-0.15, -0.1) is 0 Å². The Morgan fingerprint density at radius 1 is 1.41 bits per heavy atom. The van der Waals surface area contributed by atoms with Crippen molar-refractivity contribution in [3.8, 4) is 5.69 Å². The number of aryl methyl sites for hydroxylation is 1. The second kappa shape index (κ2) is 5.05. The van der Waals surface area contributed by atoms with Gasteiger partial charge in [0.1, 0.15) is 16.5 Å². The molecule has 0 saturated carbocycles. The van der Waals surface area contributed by atoms with E-state index in [1.807, 2.05) is 22.9 Å². The molecule has 0 unspecified atom stereocenters. The molecule has 0 radical (unpaired) electrons. The third-order valence-electron chi connectivity index (χ3n) is 2.47. The summed E-state index contributed by atoms with van der Waals surface area (Å²) >= 11 is 5.01. The Bertz CT molecular complexity index is 533. The number of thiocarbonyl (C=S) groups is 1. The van der Waals surface area contributed by atoms with Crippen LogP contribution in [0.4, 0.5) is 0 Å². The average Bonchev–Trinajstić information content (AvgIpc) is 2.77. The van der Waals surface area contributed by atoms with E-state index >= 15 is 0 Å². The van der Waals surface area contributed by atoms with Gasteiger partial charge in [-0.2, -0.15) is 0 Å². The highest BCUT2D eigenvalue weighted by molar-refractivity contribution is 7.80. The first-order valence-corrected chi connectivity index (χ1v) is 5.92. The van der Waals surface area contributed by atoms with Gasteiger partial charge >= 0.3 is 0 Å². The van der Waals surface area contributed by atoms with Gasteiger partial charge in [0.05, 0.1) is 5.69 Å². The standard InChI is InChI=1S/C12H14N4S/c1-2-4-10-14-7-8-16(10)9-5-3-6-15-11(9)12(13)17/h3,5-8H,2,4H2,1H3,(H2,13,17). The Hall–Kier alpha value is -1.75. The summed E-state index contributed by atoms with van der Waals surface area (Å²) in [5.74, 6) is 0.998. The van der Waals surface area contributed by atoms with Crippen molar-refractivity contribution in [2.45, 2.75) is 19.8 Å². The van der Waals surface area contributed by atoms with Crippen LogP contribution in [0.2, 0.25) is 0 Å². The van der Waals surface area contributed by atoms with Crippen LogP contribution in [0, 0.1) is 0 Å². The molecule has 4 nitrogen and oxygen atoms in total. The third kappa shape index (κ3) is 2.34. The van der Waals surface area contributed by atoms with Crippen molar-refractivity contribution in [1.29, 1.82) is 0 Å². The van der Waals surface area contributed by atoms with E-state index in [4.69, 9.17) is 18.0 Å². The number of nitrogens with two attached hydrogens (primary N) is 1. The number of hydrogen-bond donors (Lipinski definition) is 1. The van der Waals surface area contributed by atoms with Crippen LogP contribution in [0.15, 0.2) is 30.7 Å². The number of imidazole rings is 1. The van der Waals surface area contributed by atoms with Gasteiger partial charge in [0, 0.05) is 25.0 Å². The van der Waals surface area contributed by atoms with Crippen LogP contribution < -0.4 is 5.73 Å². The monoisotopic (exact) mass is 246 g/mol. The van der Waals surface area contributed by atoms with E-state index < -0.39 is 0 Å². The number of rotatable bonds is 4.